The number of halogens is 1. The van der Waals surface area contributed by atoms with Crippen LogP contribution >= 0.6 is 15.9 Å². The van der Waals surface area contributed by atoms with Crippen LogP contribution in [0.25, 0.3) is 0 Å². The number of fused-ring (bicyclic) bond motifs is 1. The van der Waals surface area contributed by atoms with Crippen molar-refractivity contribution in [2.75, 3.05) is 19.8 Å². The lowest BCUT2D eigenvalue weighted by Gasteiger charge is -2.19. The average molecular weight is 273 g/mol. The SMILES string of the molecule is CCOCc1cc2c(cc1Br)OCCO2. The first kappa shape index (κ1) is 10.8. The molecule has 0 spiro atoms. The molecule has 4 heteroatoms. The van der Waals surface area contributed by atoms with E-state index in [2.05, 4.69) is 15.9 Å². The lowest BCUT2D eigenvalue weighted by molar-refractivity contribution is 0.132. The van der Waals surface area contributed by atoms with E-state index >= 15 is 0 Å². The fraction of sp³-hybridized carbons (Fsp3) is 0.455. The van der Waals surface area contributed by atoms with E-state index < -0.39 is 0 Å². The molecule has 0 saturated heterocycles. The van der Waals surface area contributed by atoms with E-state index in [4.69, 9.17) is 14.2 Å². The van der Waals surface area contributed by atoms with Gasteiger partial charge in [0.2, 0.25) is 0 Å². The van der Waals surface area contributed by atoms with Gasteiger partial charge in [0, 0.05) is 11.1 Å². The average Bonchev–Trinajstić information content (AvgIpc) is 2.26. The van der Waals surface area contributed by atoms with Crippen molar-refractivity contribution in [1.82, 2.24) is 0 Å². The molecule has 0 aromatic heterocycles. The molecule has 0 N–H and O–H groups in total. The minimum atomic E-state index is 0.591. The zero-order valence-electron chi connectivity index (χ0n) is 8.59. The third-order valence-electron chi connectivity index (χ3n) is 2.17. The molecule has 0 radical (unpaired) electrons. The van der Waals surface area contributed by atoms with Gasteiger partial charge in [-0.3, -0.25) is 0 Å². The Hall–Kier alpha value is -0.740. The maximum atomic E-state index is 5.50. The van der Waals surface area contributed by atoms with Crippen LogP contribution in [0.15, 0.2) is 16.6 Å². The fourth-order valence-corrected chi connectivity index (χ4v) is 1.87. The van der Waals surface area contributed by atoms with Crippen LogP contribution in [0, 0.1) is 0 Å². The lowest BCUT2D eigenvalue weighted by Crippen LogP contribution is -2.15. The fourth-order valence-electron chi connectivity index (χ4n) is 1.43. The van der Waals surface area contributed by atoms with E-state index in [0.29, 0.717) is 26.4 Å². The van der Waals surface area contributed by atoms with E-state index in [9.17, 15) is 0 Å². The molecule has 0 amide bonds. The quantitative estimate of drug-likeness (QED) is 0.847. The van der Waals surface area contributed by atoms with Gasteiger partial charge in [-0.1, -0.05) is 15.9 Å². The molecule has 0 atom stereocenters. The predicted octanol–water partition coefficient (Wildman–Crippen LogP) is 2.76. The number of benzene rings is 1. The molecule has 3 nitrogen and oxygen atoms in total. The summed E-state index contributed by atoms with van der Waals surface area (Å²) in [6.45, 7) is 4.51. The van der Waals surface area contributed by atoms with Gasteiger partial charge in [0.1, 0.15) is 13.2 Å². The van der Waals surface area contributed by atoms with Crippen LogP contribution in [-0.2, 0) is 11.3 Å². The summed E-state index contributed by atoms with van der Waals surface area (Å²) in [7, 11) is 0. The highest BCUT2D eigenvalue weighted by Crippen LogP contribution is 2.35. The summed E-state index contributed by atoms with van der Waals surface area (Å²) in [6.07, 6.45) is 0. The molecular weight excluding hydrogens is 260 g/mol. The Morgan fingerprint density at radius 3 is 2.60 bits per heavy atom. The third-order valence-corrected chi connectivity index (χ3v) is 2.91. The van der Waals surface area contributed by atoms with Gasteiger partial charge in [0.05, 0.1) is 6.61 Å². The molecule has 1 heterocycles. The smallest absolute Gasteiger partial charge is 0.162 e. The molecule has 2 rings (SSSR count). The summed E-state index contributed by atoms with van der Waals surface area (Å²) in [5, 5.41) is 0. The summed E-state index contributed by atoms with van der Waals surface area (Å²) in [4.78, 5) is 0. The van der Waals surface area contributed by atoms with Crippen molar-refractivity contribution in [2.24, 2.45) is 0 Å². The molecule has 1 aromatic carbocycles. The first-order chi connectivity index (χ1) is 7.31. The number of hydrogen-bond donors (Lipinski definition) is 0. The van der Waals surface area contributed by atoms with Crippen molar-refractivity contribution in [3.05, 3.63) is 22.2 Å². The van der Waals surface area contributed by atoms with Crippen molar-refractivity contribution < 1.29 is 14.2 Å². The Balaban J connectivity index is 2.24. The highest BCUT2D eigenvalue weighted by molar-refractivity contribution is 9.10. The Morgan fingerprint density at radius 2 is 1.93 bits per heavy atom. The van der Waals surface area contributed by atoms with Crippen molar-refractivity contribution in [3.8, 4) is 11.5 Å². The van der Waals surface area contributed by atoms with Crippen LogP contribution < -0.4 is 9.47 Å². The van der Waals surface area contributed by atoms with Crippen LogP contribution in [0.2, 0.25) is 0 Å². The predicted molar refractivity (Wildman–Crippen MR) is 60.5 cm³/mol. The first-order valence-corrected chi connectivity index (χ1v) is 5.76. The van der Waals surface area contributed by atoms with Crippen molar-refractivity contribution in [2.45, 2.75) is 13.5 Å². The molecule has 1 aliphatic heterocycles. The second-order valence-corrected chi connectivity index (χ2v) is 4.08. The zero-order chi connectivity index (χ0) is 10.7. The molecule has 1 aliphatic rings. The maximum Gasteiger partial charge on any atom is 0.162 e. The van der Waals surface area contributed by atoms with Crippen molar-refractivity contribution in [1.29, 1.82) is 0 Å². The van der Waals surface area contributed by atoms with Gasteiger partial charge in [0.25, 0.3) is 0 Å². The summed E-state index contributed by atoms with van der Waals surface area (Å²) >= 11 is 3.49. The van der Waals surface area contributed by atoms with Gasteiger partial charge >= 0.3 is 0 Å². The van der Waals surface area contributed by atoms with Crippen molar-refractivity contribution >= 4 is 15.9 Å². The van der Waals surface area contributed by atoms with Gasteiger partial charge in [-0.15, -0.1) is 0 Å². The normalized spacial score (nSPS) is 14.0. The van der Waals surface area contributed by atoms with Gasteiger partial charge in [0.15, 0.2) is 11.5 Å². The summed E-state index contributed by atoms with van der Waals surface area (Å²) in [5.74, 6) is 1.60. The lowest BCUT2D eigenvalue weighted by atomic mass is 10.2. The Morgan fingerprint density at radius 1 is 1.27 bits per heavy atom. The van der Waals surface area contributed by atoms with Gasteiger partial charge in [-0.25, -0.2) is 0 Å². The summed E-state index contributed by atoms with van der Waals surface area (Å²) < 4.78 is 17.3. The molecule has 0 unspecified atom stereocenters. The van der Waals surface area contributed by atoms with E-state index in [1.165, 1.54) is 0 Å². The summed E-state index contributed by atoms with van der Waals surface area (Å²) in [5.41, 5.74) is 1.08. The van der Waals surface area contributed by atoms with Crippen LogP contribution in [0.5, 0.6) is 11.5 Å². The van der Waals surface area contributed by atoms with Crippen LogP contribution in [-0.4, -0.2) is 19.8 Å². The Labute approximate surface area is 97.5 Å². The minimum Gasteiger partial charge on any atom is -0.486 e. The van der Waals surface area contributed by atoms with E-state index in [1.807, 2.05) is 19.1 Å². The van der Waals surface area contributed by atoms with Crippen LogP contribution in [0.1, 0.15) is 12.5 Å². The molecule has 0 aliphatic carbocycles. The molecule has 0 saturated carbocycles. The summed E-state index contributed by atoms with van der Waals surface area (Å²) in [6, 6.07) is 3.90. The molecule has 0 bridgehead atoms. The van der Waals surface area contributed by atoms with E-state index in [0.717, 1.165) is 21.5 Å². The van der Waals surface area contributed by atoms with Crippen LogP contribution in [0.4, 0.5) is 0 Å². The topological polar surface area (TPSA) is 27.7 Å². The van der Waals surface area contributed by atoms with Gasteiger partial charge in [-0.2, -0.15) is 0 Å². The number of rotatable bonds is 3. The van der Waals surface area contributed by atoms with E-state index in [-0.39, 0.29) is 0 Å². The minimum absolute atomic E-state index is 0.591. The van der Waals surface area contributed by atoms with Gasteiger partial charge in [-0.05, 0) is 24.6 Å². The van der Waals surface area contributed by atoms with E-state index in [1.54, 1.807) is 0 Å². The zero-order valence-corrected chi connectivity index (χ0v) is 10.2. The Kier molecular flexibility index (Phi) is 3.49. The highest BCUT2D eigenvalue weighted by Gasteiger charge is 2.14. The monoisotopic (exact) mass is 272 g/mol. The number of ether oxygens (including phenoxy) is 3. The third kappa shape index (κ3) is 2.44. The largest absolute Gasteiger partial charge is 0.486 e. The maximum absolute atomic E-state index is 5.50. The molecular formula is C11H13BrO3. The Bertz CT molecular complexity index is 352. The standard InChI is InChI=1S/C11H13BrO3/c1-2-13-7-8-5-10-11(6-9(8)12)15-4-3-14-10/h5-6H,2-4,7H2,1H3. The highest BCUT2D eigenvalue weighted by atomic mass is 79.9. The molecule has 82 valence electrons. The number of hydrogen-bond acceptors (Lipinski definition) is 3. The molecule has 0 fully saturated rings. The molecule has 15 heavy (non-hydrogen) atoms. The second kappa shape index (κ2) is 4.86. The van der Waals surface area contributed by atoms with Crippen molar-refractivity contribution in [3.63, 3.8) is 0 Å². The van der Waals surface area contributed by atoms with Gasteiger partial charge < -0.3 is 14.2 Å². The molecule has 1 aromatic rings. The second-order valence-electron chi connectivity index (χ2n) is 3.22. The van der Waals surface area contributed by atoms with Crippen LogP contribution in [0.3, 0.4) is 0 Å². The first-order valence-electron chi connectivity index (χ1n) is 4.97.